The normalized spacial score (nSPS) is 14.2. The highest BCUT2D eigenvalue weighted by Crippen LogP contribution is 2.38. The average molecular weight is 400 g/mol. The molecule has 1 aliphatic heterocycles. The van der Waals surface area contributed by atoms with Gasteiger partial charge in [0.2, 0.25) is 0 Å². The van der Waals surface area contributed by atoms with Crippen LogP contribution in [-0.2, 0) is 13.1 Å². The zero-order valence-corrected chi connectivity index (χ0v) is 17.2. The third-order valence-corrected chi connectivity index (χ3v) is 5.50. The summed E-state index contributed by atoms with van der Waals surface area (Å²) in [6, 6.07) is 18.6. The lowest BCUT2D eigenvalue weighted by Crippen LogP contribution is -2.25. The van der Waals surface area contributed by atoms with Crippen LogP contribution in [0.4, 0.5) is 0 Å². The lowest BCUT2D eigenvalue weighted by atomic mass is 10.0. The SMILES string of the molecule is COc1cc(-c2cnc3ccccc3c2)cc2c1OCCN(Cc1ccc(C)o1)C2. The molecule has 5 nitrogen and oxygen atoms in total. The Hall–Kier alpha value is -3.31. The molecule has 0 amide bonds. The number of methoxy groups -OCH3 is 1. The maximum absolute atomic E-state index is 6.09. The third kappa shape index (κ3) is 3.64. The molecule has 0 saturated carbocycles. The highest BCUT2D eigenvalue weighted by atomic mass is 16.5. The summed E-state index contributed by atoms with van der Waals surface area (Å²) in [4.78, 5) is 6.96. The van der Waals surface area contributed by atoms with Gasteiger partial charge in [0.15, 0.2) is 11.5 Å². The molecule has 30 heavy (non-hydrogen) atoms. The molecule has 0 radical (unpaired) electrons. The van der Waals surface area contributed by atoms with Crippen molar-refractivity contribution in [3.05, 3.63) is 77.9 Å². The van der Waals surface area contributed by atoms with Gasteiger partial charge in [-0.15, -0.1) is 0 Å². The molecule has 1 aliphatic rings. The third-order valence-electron chi connectivity index (χ3n) is 5.50. The number of aromatic nitrogens is 1. The van der Waals surface area contributed by atoms with Gasteiger partial charge in [-0.05, 0) is 48.9 Å². The summed E-state index contributed by atoms with van der Waals surface area (Å²) in [7, 11) is 1.69. The molecule has 0 unspecified atom stereocenters. The Morgan fingerprint density at radius 3 is 2.80 bits per heavy atom. The number of ether oxygens (including phenoxy) is 2. The van der Waals surface area contributed by atoms with Crippen LogP contribution in [0.1, 0.15) is 17.1 Å². The summed E-state index contributed by atoms with van der Waals surface area (Å²) >= 11 is 0. The van der Waals surface area contributed by atoms with Crippen molar-refractivity contribution in [2.75, 3.05) is 20.3 Å². The van der Waals surface area contributed by atoms with E-state index in [0.29, 0.717) is 6.61 Å². The van der Waals surface area contributed by atoms with Crippen molar-refractivity contribution in [1.82, 2.24) is 9.88 Å². The van der Waals surface area contributed by atoms with Crippen molar-refractivity contribution in [3.63, 3.8) is 0 Å². The van der Waals surface area contributed by atoms with Crippen LogP contribution in [-0.4, -0.2) is 30.1 Å². The molecular formula is C25H24N2O3. The van der Waals surface area contributed by atoms with Crippen LogP contribution in [0.2, 0.25) is 0 Å². The molecule has 4 aromatic rings. The molecule has 0 bridgehead atoms. The standard InChI is InChI=1S/C25H24N2O3/c1-17-7-8-22(30-17)16-27-9-10-29-25-21(15-27)12-19(13-24(25)28-2)20-11-18-5-3-4-6-23(18)26-14-20/h3-8,11-14H,9-10,15-16H2,1-2H3. The predicted molar refractivity (Wildman–Crippen MR) is 117 cm³/mol. The van der Waals surface area contributed by atoms with Crippen LogP contribution in [0.25, 0.3) is 22.0 Å². The van der Waals surface area contributed by atoms with Crippen LogP contribution in [0.15, 0.2) is 65.2 Å². The van der Waals surface area contributed by atoms with Crippen LogP contribution >= 0.6 is 0 Å². The summed E-state index contributed by atoms with van der Waals surface area (Å²) in [5.74, 6) is 3.49. The van der Waals surface area contributed by atoms with Crippen LogP contribution in [0, 0.1) is 6.92 Å². The van der Waals surface area contributed by atoms with E-state index in [9.17, 15) is 0 Å². The van der Waals surface area contributed by atoms with E-state index in [0.717, 1.165) is 70.2 Å². The van der Waals surface area contributed by atoms with Gasteiger partial charge in [-0.2, -0.15) is 0 Å². The van der Waals surface area contributed by atoms with E-state index in [1.54, 1.807) is 7.11 Å². The van der Waals surface area contributed by atoms with Gasteiger partial charge in [0.1, 0.15) is 18.1 Å². The fourth-order valence-corrected chi connectivity index (χ4v) is 4.01. The Balaban J connectivity index is 1.51. The number of nitrogens with zero attached hydrogens (tertiary/aromatic N) is 2. The second kappa shape index (κ2) is 7.84. The smallest absolute Gasteiger partial charge is 0.165 e. The first-order chi connectivity index (χ1) is 14.7. The Morgan fingerprint density at radius 1 is 1.07 bits per heavy atom. The quantitative estimate of drug-likeness (QED) is 0.471. The summed E-state index contributed by atoms with van der Waals surface area (Å²) < 4.78 is 17.6. The second-order valence-corrected chi connectivity index (χ2v) is 7.65. The van der Waals surface area contributed by atoms with E-state index in [2.05, 4.69) is 28.1 Å². The summed E-state index contributed by atoms with van der Waals surface area (Å²) in [5, 5.41) is 1.12. The van der Waals surface area contributed by atoms with E-state index >= 15 is 0 Å². The molecule has 0 spiro atoms. The zero-order chi connectivity index (χ0) is 20.5. The van der Waals surface area contributed by atoms with Gasteiger partial charge in [-0.3, -0.25) is 9.88 Å². The molecule has 2 aromatic heterocycles. The molecular weight excluding hydrogens is 376 g/mol. The lowest BCUT2D eigenvalue weighted by molar-refractivity contribution is 0.204. The van der Waals surface area contributed by atoms with Crippen molar-refractivity contribution in [2.24, 2.45) is 0 Å². The van der Waals surface area contributed by atoms with Crippen molar-refractivity contribution >= 4 is 10.9 Å². The number of pyridine rings is 1. The minimum Gasteiger partial charge on any atom is -0.493 e. The van der Waals surface area contributed by atoms with E-state index in [-0.39, 0.29) is 0 Å². The number of hydrogen-bond acceptors (Lipinski definition) is 5. The first-order valence-corrected chi connectivity index (χ1v) is 10.2. The molecule has 0 saturated heterocycles. The van der Waals surface area contributed by atoms with Crippen molar-refractivity contribution in [2.45, 2.75) is 20.0 Å². The maximum Gasteiger partial charge on any atom is 0.165 e. The Morgan fingerprint density at radius 2 is 1.97 bits per heavy atom. The molecule has 0 N–H and O–H groups in total. The molecule has 2 aromatic carbocycles. The average Bonchev–Trinajstić information content (AvgIpc) is 3.06. The lowest BCUT2D eigenvalue weighted by Gasteiger charge is -2.18. The van der Waals surface area contributed by atoms with Crippen molar-refractivity contribution in [3.8, 4) is 22.6 Å². The first-order valence-electron chi connectivity index (χ1n) is 10.2. The summed E-state index contributed by atoms with van der Waals surface area (Å²) in [5.41, 5.74) is 4.24. The fourth-order valence-electron chi connectivity index (χ4n) is 4.01. The zero-order valence-electron chi connectivity index (χ0n) is 17.2. The first kappa shape index (κ1) is 18.7. The number of fused-ring (bicyclic) bond motifs is 2. The number of rotatable bonds is 4. The number of para-hydroxylation sites is 1. The van der Waals surface area contributed by atoms with Gasteiger partial charge in [-0.1, -0.05) is 18.2 Å². The Labute approximate surface area is 175 Å². The fraction of sp³-hybridized carbons (Fsp3) is 0.240. The van der Waals surface area contributed by atoms with Gasteiger partial charge in [0.25, 0.3) is 0 Å². The Kier molecular flexibility index (Phi) is 4.89. The largest absolute Gasteiger partial charge is 0.493 e. The van der Waals surface area contributed by atoms with E-state index in [1.165, 1.54) is 0 Å². The van der Waals surface area contributed by atoms with Crippen LogP contribution < -0.4 is 9.47 Å². The second-order valence-electron chi connectivity index (χ2n) is 7.65. The highest BCUT2D eigenvalue weighted by molar-refractivity contribution is 5.84. The molecule has 0 fully saturated rings. The van der Waals surface area contributed by atoms with E-state index < -0.39 is 0 Å². The van der Waals surface area contributed by atoms with Gasteiger partial charge < -0.3 is 13.9 Å². The summed E-state index contributed by atoms with van der Waals surface area (Å²) in [6.07, 6.45) is 1.92. The molecule has 0 atom stereocenters. The number of benzene rings is 2. The van der Waals surface area contributed by atoms with Gasteiger partial charge in [0.05, 0.1) is 19.2 Å². The number of aryl methyl sites for hydroxylation is 1. The summed E-state index contributed by atoms with van der Waals surface area (Å²) in [6.45, 7) is 4.92. The van der Waals surface area contributed by atoms with E-state index in [4.69, 9.17) is 13.9 Å². The topological polar surface area (TPSA) is 47.7 Å². The van der Waals surface area contributed by atoms with Crippen molar-refractivity contribution in [1.29, 1.82) is 0 Å². The molecule has 152 valence electrons. The molecule has 3 heterocycles. The minimum absolute atomic E-state index is 0.611. The van der Waals surface area contributed by atoms with Gasteiger partial charge in [0, 0.05) is 35.8 Å². The number of hydrogen-bond donors (Lipinski definition) is 0. The van der Waals surface area contributed by atoms with Crippen LogP contribution in [0.3, 0.4) is 0 Å². The number of furan rings is 1. The Bertz CT molecular complexity index is 1200. The maximum atomic E-state index is 6.09. The predicted octanol–water partition coefficient (Wildman–Crippen LogP) is 5.21. The van der Waals surface area contributed by atoms with Gasteiger partial charge >= 0.3 is 0 Å². The molecule has 5 heteroatoms. The monoisotopic (exact) mass is 400 g/mol. The molecule has 5 rings (SSSR count). The highest BCUT2D eigenvalue weighted by Gasteiger charge is 2.21. The molecule has 0 aliphatic carbocycles. The van der Waals surface area contributed by atoms with Crippen molar-refractivity contribution < 1.29 is 13.9 Å². The minimum atomic E-state index is 0.611. The van der Waals surface area contributed by atoms with Crippen LogP contribution in [0.5, 0.6) is 11.5 Å². The van der Waals surface area contributed by atoms with Gasteiger partial charge in [-0.25, -0.2) is 0 Å². The van der Waals surface area contributed by atoms with E-state index in [1.807, 2.05) is 49.5 Å².